The first-order chi connectivity index (χ1) is 27.9. The Morgan fingerprint density at radius 2 is 0.690 bits per heavy atom. The van der Waals surface area contributed by atoms with Gasteiger partial charge in [0.1, 0.15) is 0 Å². The summed E-state index contributed by atoms with van der Waals surface area (Å²) in [6.45, 7) is 5.24. The molecule has 3 saturated carbocycles. The SMILES string of the molecule is CC(=O)N[C@H]1CNC[C@@H]1CC(=O)N[C@H]1CCC[C@@H]1CC(=O)N[C@H]1CNC[C@@H]1CC(=O)N[C@H]1CCC[C@@H]1CC(=O)N[C@H]1CNC[C@@H]1CC(=O)N[C@H]1CCC[C@@H]1CC(N)=O. The topological polar surface area (TPSA) is 254 Å². The average Bonchev–Trinajstić information content (AvgIpc) is 4.02. The Hall–Kier alpha value is -3.83. The quantitative estimate of drug-likeness (QED) is 0.0792. The van der Waals surface area contributed by atoms with E-state index in [0.717, 1.165) is 57.8 Å². The summed E-state index contributed by atoms with van der Waals surface area (Å²) in [6.07, 6.45) is 9.70. The van der Waals surface area contributed by atoms with Crippen molar-refractivity contribution in [2.45, 2.75) is 139 Å². The third-order valence-corrected chi connectivity index (χ3v) is 13.8. The first kappa shape index (κ1) is 43.7. The van der Waals surface area contributed by atoms with E-state index in [1.807, 2.05) is 0 Å². The van der Waals surface area contributed by atoms with Gasteiger partial charge in [0.2, 0.25) is 41.4 Å². The first-order valence-electron chi connectivity index (χ1n) is 22.0. The van der Waals surface area contributed by atoms with Crippen LogP contribution in [0.2, 0.25) is 0 Å². The summed E-state index contributed by atoms with van der Waals surface area (Å²) < 4.78 is 0. The molecule has 0 aromatic heterocycles. The smallest absolute Gasteiger partial charge is 0.220 e. The van der Waals surface area contributed by atoms with E-state index in [4.69, 9.17) is 5.73 Å². The molecule has 17 nitrogen and oxygen atoms in total. The Balaban J connectivity index is 0.895. The minimum Gasteiger partial charge on any atom is -0.370 e. The summed E-state index contributed by atoms with van der Waals surface area (Å²) in [6, 6.07) is -0.609. The van der Waals surface area contributed by atoms with Crippen LogP contribution in [0.3, 0.4) is 0 Å². The van der Waals surface area contributed by atoms with E-state index in [1.165, 1.54) is 6.92 Å². The van der Waals surface area contributed by atoms with Gasteiger partial charge in [-0.05, 0) is 56.3 Å². The third kappa shape index (κ3) is 12.6. The molecule has 6 fully saturated rings. The zero-order chi connectivity index (χ0) is 41.2. The second kappa shape index (κ2) is 20.9. The maximum atomic E-state index is 13.4. The number of rotatable bonds is 18. The molecule has 0 aromatic carbocycles. The van der Waals surface area contributed by atoms with Crippen molar-refractivity contribution >= 4 is 41.4 Å². The lowest BCUT2D eigenvalue weighted by Crippen LogP contribution is -2.46. The normalized spacial score (nSPS) is 34.4. The van der Waals surface area contributed by atoms with Gasteiger partial charge in [-0.15, -0.1) is 0 Å². The highest BCUT2D eigenvalue weighted by molar-refractivity contribution is 5.81. The van der Waals surface area contributed by atoms with Crippen LogP contribution in [0.4, 0.5) is 0 Å². The third-order valence-electron chi connectivity index (χ3n) is 13.8. The van der Waals surface area contributed by atoms with E-state index >= 15 is 0 Å². The number of hydrogen-bond donors (Lipinski definition) is 10. The van der Waals surface area contributed by atoms with Crippen molar-refractivity contribution in [1.29, 1.82) is 0 Å². The van der Waals surface area contributed by atoms with Crippen LogP contribution in [-0.2, 0) is 33.6 Å². The number of primary amides is 1. The number of hydrogen-bond acceptors (Lipinski definition) is 10. The van der Waals surface area contributed by atoms with Gasteiger partial charge in [-0.3, -0.25) is 33.6 Å². The highest BCUT2D eigenvalue weighted by Crippen LogP contribution is 2.31. The van der Waals surface area contributed by atoms with Crippen molar-refractivity contribution < 1.29 is 33.6 Å². The lowest BCUT2D eigenvalue weighted by Gasteiger charge is -2.26. The summed E-state index contributed by atoms with van der Waals surface area (Å²) in [5.74, 6) is -0.699. The summed E-state index contributed by atoms with van der Waals surface area (Å²) in [5, 5.41) is 28.7. The second-order valence-electron chi connectivity index (χ2n) is 18.2. The fourth-order valence-corrected chi connectivity index (χ4v) is 10.8. The molecule has 0 spiro atoms. The van der Waals surface area contributed by atoms with Gasteiger partial charge < -0.3 is 53.6 Å². The summed E-state index contributed by atoms with van der Waals surface area (Å²) in [7, 11) is 0. The second-order valence-corrected chi connectivity index (χ2v) is 18.2. The number of nitrogens with two attached hydrogens (primary N) is 1. The average molecular weight is 813 g/mol. The summed E-state index contributed by atoms with van der Waals surface area (Å²) in [4.78, 5) is 88.9. The van der Waals surface area contributed by atoms with E-state index in [1.54, 1.807) is 0 Å². The molecule has 3 heterocycles. The molecule has 324 valence electrons. The number of carbonyl (C=O) groups excluding carboxylic acids is 7. The Morgan fingerprint density at radius 3 is 1.02 bits per heavy atom. The number of nitrogens with one attached hydrogen (secondary N) is 9. The maximum Gasteiger partial charge on any atom is 0.220 e. The zero-order valence-corrected chi connectivity index (χ0v) is 34.2. The number of amides is 7. The van der Waals surface area contributed by atoms with Crippen molar-refractivity contribution in [3.63, 3.8) is 0 Å². The summed E-state index contributed by atoms with van der Waals surface area (Å²) >= 11 is 0. The molecular formula is C41H68N10O7. The van der Waals surface area contributed by atoms with Crippen LogP contribution in [0.15, 0.2) is 0 Å². The predicted molar refractivity (Wildman–Crippen MR) is 215 cm³/mol. The molecule has 6 aliphatic rings. The Labute approximate surface area is 342 Å². The molecule has 3 aliphatic heterocycles. The van der Waals surface area contributed by atoms with E-state index in [0.29, 0.717) is 65.0 Å². The van der Waals surface area contributed by atoms with E-state index in [-0.39, 0.29) is 126 Å². The van der Waals surface area contributed by atoms with Gasteiger partial charge in [0, 0.05) is 139 Å². The summed E-state index contributed by atoms with van der Waals surface area (Å²) in [5.41, 5.74) is 5.41. The van der Waals surface area contributed by atoms with Gasteiger partial charge >= 0.3 is 0 Å². The first-order valence-corrected chi connectivity index (χ1v) is 22.0. The van der Waals surface area contributed by atoms with Gasteiger partial charge in [0.25, 0.3) is 0 Å². The molecule has 17 heteroatoms. The molecule has 0 aromatic rings. The van der Waals surface area contributed by atoms with Crippen LogP contribution >= 0.6 is 0 Å². The maximum absolute atomic E-state index is 13.4. The minimum absolute atomic E-state index is 0.0233. The Bertz CT molecular complexity index is 1390. The van der Waals surface area contributed by atoms with Crippen LogP contribution in [0.25, 0.3) is 0 Å². The van der Waals surface area contributed by atoms with Crippen LogP contribution in [-0.4, -0.2) is 117 Å². The molecular weight excluding hydrogens is 745 g/mol. The monoisotopic (exact) mass is 813 g/mol. The molecule has 11 N–H and O–H groups in total. The van der Waals surface area contributed by atoms with Crippen LogP contribution in [0.1, 0.15) is 103 Å². The van der Waals surface area contributed by atoms with Crippen molar-refractivity contribution in [3.8, 4) is 0 Å². The molecule has 3 saturated heterocycles. The van der Waals surface area contributed by atoms with E-state index in [9.17, 15) is 33.6 Å². The molecule has 0 bridgehead atoms. The van der Waals surface area contributed by atoms with Gasteiger partial charge in [0.15, 0.2) is 0 Å². The fourth-order valence-electron chi connectivity index (χ4n) is 10.8. The standard InChI is InChI=1S/C41H68N10O7/c1-23(52)46-33-20-43-17-27(33)14-39(56)48-31-9-3-6-25(31)12-37(54)51-35-22-45-19-29(35)16-41(58)49-32-10-4-7-26(32)13-38(55)50-34-21-44-18-28(34)15-40(57)47-30-8-2-5-24(30)11-36(42)53/h24-35,43-45H,2-22H2,1H3,(H2,42,53)(H,46,52)(H,47,57)(H,48,56)(H,49,58)(H,50,55)(H,51,54)/t24-,25-,26-,27+,28+,29+,30+,31+,32+,33+,34+,35+/m1/s1. The van der Waals surface area contributed by atoms with E-state index < -0.39 is 0 Å². The molecule has 0 radical (unpaired) electrons. The van der Waals surface area contributed by atoms with Crippen LogP contribution in [0.5, 0.6) is 0 Å². The lowest BCUT2D eigenvalue weighted by atomic mass is 9.94. The molecule has 0 unspecified atom stereocenters. The molecule has 7 amide bonds. The van der Waals surface area contributed by atoms with Gasteiger partial charge in [0.05, 0.1) is 0 Å². The molecule has 6 rings (SSSR count). The van der Waals surface area contributed by atoms with Crippen molar-refractivity contribution in [2.75, 3.05) is 39.3 Å². The highest BCUT2D eigenvalue weighted by atomic mass is 16.2. The van der Waals surface area contributed by atoms with Crippen molar-refractivity contribution in [2.24, 2.45) is 41.2 Å². The largest absolute Gasteiger partial charge is 0.370 e. The van der Waals surface area contributed by atoms with Crippen molar-refractivity contribution in [1.82, 2.24) is 47.9 Å². The lowest BCUT2D eigenvalue weighted by molar-refractivity contribution is -0.126. The minimum atomic E-state index is -0.345. The fraction of sp³-hybridized carbons (Fsp3) is 0.829. The van der Waals surface area contributed by atoms with Crippen LogP contribution < -0.4 is 53.6 Å². The zero-order valence-electron chi connectivity index (χ0n) is 34.2. The van der Waals surface area contributed by atoms with Gasteiger partial charge in [-0.25, -0.2) is 0 Å². The van der Waals surface area contributed by atoms with E-state index in [2.05, 4.69) is 47.9 Å². The molecule has 58 heavy (non-hydrogen) atoms. The Morgan fingerprint density at radius 1 is 0.397 bits per heavy atom. The highest BCUT2D eigenvalue weighted by Gasteiger charge is 2.38. The number of carbonyl (C=O) groups is 7. The van der Waals surface area contributed by atoms with Crippen LogP contribution in [0, 0.1) is 35.5 Å². The Kier molecular flexibility index (Phi) is 15.8. The van der Waals surface area contributed by atoms with Gasteiger partial charge in [-0.1, -0.05) is 19.3 Å². The molecule has 3 aliphatic carbocycles. The van der Waals surface area contributed by atoms with Crippen molar-refractivity contribution in [3.05, 3.63) is 0 Å². The van der Waals surface area contributed by atoms with Gasteiger partial charge in [-0.2, -0.15) is 0 Å². The predicted octanol–water partition coefficient (Wildman–Crippen LogP) is -1.20. The molecule has 12 atom stereocenters.